The molecule has 3 aromatic heterocycles. The second-order valence-corrected chi connectivity index (χ2v) is 19.5. The summed E-state index contributed by atoms with van der Waals surface area (Å²) >= 11 is 0. The number of aromatic nitrogens is 4. The van der Waals surface area contributed by atoms with E-state index in [1.165, 1.54) is 32.5 Å². The van der Waals surface area contributed by atoms with Crippen LogP contribution in [0.1, 0.15) is 11.1 Å². The number of pyridine rings is 1. The van der Waals surface area contributed by atoms with Gasteiger partial charge in [0.25, 0.3) is 0 Å². The fraction of sp³-hybridized carbons (Fsp3) is 0.0357. The molecule has 3 heterocycles. The first kappa shape index (κ1) is 39.2. The smallest absolute Gasteiger partial charge is 0.168 e. The maximum absolute atomic E-state index is 5.07. The summed E-state index contributed by atoms with van der Waals surface area (Å²) in [6.45, 7) is 4.37. The molecule has 4 nitrogen and oxygen atoms in total. The predicted octanol–water partition coefficient (Wildman–Crippen LogP) is 10.5. The van der Waals surface area contributed by atoms with Crippen LogP contribution in [0.3, 0.4) is 0 Å². The number of nitrogens with zero attached hydrogens (tertiary/aromatic N) is 4. The summed E-state index contributed by atoms with van der Waals surface area (Å²) in [4.78, 5) is 5.07. The van der Waals surface area contributed by atoms with Crippen molar-refractivity contribution >= 4 is 61.7 Å². The second-order valence-electron chi connectivity index (χ2n) is 15.8. The average molecular weight is 993 g/mol. The van der Waals surface area contributed by atoms with Gasteiger partial charge >= 0.3 is 0 Å². The van der Waals surface area contributed by atoms with E-state index in [1.54, 1.807) is 0 Å². The molecule has 0 atom stereocenters. The number of hydrogen-bond donors (Lipinski definition) is 0. The molecule has 0 saturated carbocycles. The van der Waals surface area contributed by atoms with Gasteiger partial charge < -0.3 is 4.57 Å². The molecule has 0 fully saturated rings. The Kier molecular flexibility index (Phi) is 10.2. The Labute approximate surface area is 377 Å². The van der Waals surface area contributed by atoms with Crippen LogP contribution in [-0.2, 0) is 21.1 Å². The predicted molar refractivity (Wildman–Crippen MR) is 255 cm³/mol. The zero-order valence-electron chi connectivity index (χ0n) is 34.3. The molecule has 11 aromatic rings. The van der Waals surface area contributed by atoms with E-state index in [4.69, 9.17) is 4.98 Å². The van der Waals surface area contributed by atoms with E-state index in [2.05, 4.69) is 246 Å². The van der Waals surface area contributed by atoms with E-state index in [1.807, 2.05) is 6.20 Å². The molecule has 8 aromatic carbocycles. The molecule has 0 N–H and O–H groups in total. The van der Waals surface area contributed by atoms with E-state index in [-0.39, 0.29) is 21.1 Å². The van der Waals surface area contributed by atoms with E-state index >= 15 is 0 Å². The van der Waals surface area contributed by atoms with Gasteiger partial charge in [-0.25, -0.2) is 9.55 Å². The first-order chi connectivity index (χ1) is 30.1. The van der Waals surface area contributed by atoms with Crippen LogP contribution >= 0.6 is 0 Å². The number of para-hydroxylation sites is 4. The van der Waals surface area contributed by atoms with Crippen LogP contribution in [0.2, 0.25) is 0 Å². The van der Waals surface area contributed by atoms with Gasteiger partial charge in [-0.2, -0.15) is 45.3 Å². The van der Waals surface area contributed by atoms with E-state index in [0.717, 1.165) is 60.6 Å². The van der Waals surface area contributed by atoms with Crippen LogP contribution in [0.5, 0.6) is 0 Å². The van der Waals surface area contributed by atoms with Gasteiger partial charge in [0.2, 0.25) is 0 Å². The zero-order chi connectivity index (χ0) is 40.9. The SMILES string of the molecule is Cc1cccc(C)c1-c1ccnc(-n2c3[c-]c([Si](c4[c-]c(-n5[cH+]n(-c6ccccc6)c6ccccc65)ccc4)(c4ccccc4)c4ccccc4)ccc3c3ccccc32)c1.[Pt]. The summed E-state index contributed by atoms with van der Waals surface area (Å²) in [5.41, 5.74) is 11.3. The van der Waals surface area contributed by atoms with Crippen molar-refractivity contribution in [2.75, 3.05) is 0 Å². The van der Waals surface area contributed by atoms with Crippen molar-refractivity contribution in [3.8, 4) is 28.3 Å². The van der Waals surface area contributed by atoms with Gasteiger partial charge in [-0.1, -0.05) is 133 Å². The minimum absolute atomic E-state index is 0. The number of aryl methyl sites for hydroxylation is 2. The summed E-state index contributed by atoms with van der Waals surface area (Å²) in [7, 11) is -3.12. The minimum atomic E-state index is -3.12. The Hall–Kier alpha value is -6.91. The molecule has 62 heavy (non-hydrogen) atoms. The third-order valence-electron chi connectivity index (χ3n) is 12.3. The van der Waals surface area contributed by atoms with Crippen molar-refractivity contribution in [1.29, 1.82) is 0 Å². The van der Waals surface area contributed by atoms with Crippen LogP contribution in [0, 0.1) is 26.0 Å². The van der Waals surface area contributed by atoms with Gasteiger partial charge in [0.1, 0.15) is 19.6 Å². The van der Waals surface area contributed by atoms with E-state index in [9.17, 15) is 0 Å². The summed E-state index contributed by atoms with van der Waals surface area (Å²) in [5.74, 6) is 0.867. The monoisotopic (exact) mass is 992 g/mol. The largest absolute Gasteiger partial charge is 0.319 e. The molecule has 0 aliphatic carbocycles. The third-order valence-corrected chi connectivity index (χ3v) is 16.9. The summed E-state index contributed by atoms with van der Waals surface area (Å²) in [6, 6.07) is 80.4. The van der Waals surface area contributed by atoms with Crippen LogP contribution in [-0.4, -0.2) is 26.8 Å². The molecule has 0 bridgehead atoms. The second kappa shape index (κ2) is 16.2. The van der Waals surface area contributed by atoms with Crippen LogP contribution in [0.4, 0.5) is 0 Å². The summed E-state index contributed by atoms with van der Waals surface area (Å²) < 4.78 is 6.86. The molecule has 0 saturated heterocycles. The molecule has 6 heteroatoms. The van der Waals surface area contributed by atoms with Gasteiger partial charge in [0.15, 0.2) is 17.4 Å². The normalized spacial score (nSPS) is 11.6. The van der Waals surface area contributed by atoms with Gasteiger partial charge in [-0.15, -0.1) is 17.5 Å². The van der Waals surface area contributed by atoms with Gasteiger partial charge in [-0.3, -0.25) is 0 Å². The maximum Gasteiger partial charge on any atom is 0.168 e. The molecule has 0 amide bonds. The summed E-state index contributed by atoms with van der Waals surface area (Å²) in [6.07, 6.45) is 4.14. The van der Waals surface area contributed by atoms with Crippen molar-refractivity contribution in [3.63, 3.8) is 0 Å². The zero-order valence-corrected chi connectivity index (χ0v) is 37.6. The molecule has 0 aliphatic rings. The van der Waals surface area contributed by atoms with Crippen molar-refractivity contribution in [1.82, 2.24) is 18.7 Å². The maximum atomic E-state index is 5.07. The number of rotatable bonds is 8. The van der Waals surface area contributed by atoms with Crippen LogP contribution in [0.15, 0.2) is 213 Å². The molecule has 0 unspecified atom stereocenters. The van der Waals surface area contributed by atoms with E-state index < -0.39 is 8.07 Å². The quantitative estimate of drug-likeness (QED) is 0.0847. The van der Waals surface area contributed by atoms with E-state index in [0.29, 0.717) is 0 Å². The number of benzene rings is 8. The van der Waals surface area contributed by atoms with Gasteiger partial charge in [-0.05, 0) is 82.2 Å². The first-order valence-electron chi connectivity index (χ1n) is 20.8. The Morgan fingerprint density at radius 1 is 0.500 bits per heavy atom. The van der Waals surface area contributed by atoms with Crippen molar-refractivity contribution < 1.29 is 21.1 Å². The van der Waals surface area contributed by atoms with Crippen molar-refractivity contribution in [3.05, 3.63) is 236 Å². The molecule has 11 rings (SSSR count). The van der Waals surface area contributed by atoms with Crippen LogP contribution < -0.4 is 20.7 Å². The Morgan fingerprint density at radius 3 is 1.77 bits per heavy atom. The molecular formula is C56H41N4PtSi-. The number of fused-ring (bicyclic) bond motifs is 4. The third kappa shape index (κ3) is 6.39. The van der Waals surface area contributed by atoms with Gasteiger partial charge in [0.05, 0.1) is 0 Å². The van der Waals surface area contributed by atoms with Crippen LogP contribution in [0.25, 0.3) is 61.2 Å². The molecular weight excluding hydrogens is 952 g/mol. The Morgan fingerprint density at radius 2 is 1.08 bits per heavy atom. The topological polar surface area (TPSA) is 27.7 Å². The van der Waals surface area contributed by atoms with Crippen molar-refractivity contribution in [2.24, 2.45) is 0 Å². The fourth-order valence-electron chi connectivity index (χ4n) is 9.54. The number of imidazole rings is 1. The summed E-state index contributed by atoms with van der Waals surface area (Å²) in [5, 5.41) is 7.15. The standard InChI is InChI=1S/C56H41N4Si.Pt/c1-40-18-16-19-41(2)56(40)42-34-35-57-55(36-42)60-51-29-13-12-28-49(51)50-33-32-48(38-54(50)60)61(45-23-8-4-9-24-45,46-25-10-5-11-26-46)47-27-17-22-44(37-47)59-39-58(43-20-6-3-7-21-43)52-30-14-15-31-53(52)59;/h3-36,39H,1-2H3;/q-1;. The Balaban J connectivity index is 0.00000458. The molecule has 0 radical (unpaired) electrons. The number of hydrogen-bond acceptors (Lipinski definition) is 1. The molecule has 0 spiro atoms. The van der Waals surface area contributed by atoms with Crippen molar-refractivity contribution in [2.45, 2.75) is 13.8 Å². The minimum Gasteiger partial charge on any atom is -0.319 e. The molecule has 300 valence electrons. The fourth-order valence-corrected chi connectivity index (χ4v) is 14.1. The van der Waals surface area contributed by atoms with Gasteiger partial charge in [0, 0.05) is 50.6 Å². The molecule has 0 aliphatic heterocycles. The first-order valence-corrected chi connectivity index (χ1v) is 22.8. The Bertz CT molecular complexity index is 3330. The average Bonchev–Trinajstić information content (AvgIpc) is 3.87.